The van der Waals surface area contributed by atoms with E-state index < -0.39 is 0 Å². The summed E-state index contributed by atoms with van der Waals surface area (Å²) < 4.78 is 0. The molecule has 0 bridgehead atoms. The lowest BCUT2D eigenvalue weighted by atomic mass is 10.1. The number of benzene rings is 1. The molecule has 1 aromatic rings. The van der Waals surface area contributed by atoms with Gasteiger partial charge >= 0.3 is 0 Å². The zero-order chi connectivity index (χ0) is 19.9. The van der Waals surface area contributed by atoms with E-state index in [0.717, 1.165) is 50.0 Å². The second-order valence-corrected chi connectivity index (χ2v) is 9.09. The fourth-order valence-electron chi connectivity index (χ4n) is 4.24. The molecule has 2 N–H and O–H groups in total. The van der Waals surface area contributed by atoms with Gasteiger partial charge in [-0.25, -0.2) is 0 Å². The number of nitrogens with one attached hydrogen (secondary N) is 2. The van der Waals surface area contributed by atoms with E-state index in [9.17, 15) is 9.59 Å². The molecule has 6 heteroatoms. The predicted octanol–water partition coefficient (Wildman–Crippen LogP) is 2.60. The van der Waals surface area contributed by atoms with E-state index in [4.69, 9.17) is 0 Å². The standard InChI is InChI=1S/C22H33N3O2S/c1-16(23-2)21(26)24-20-10-6-9-18-11-12-19(25(18)22(20)27)15-28-14-13-17-7-4-3-5-8-17/h3-5,7-8,16,18-20,23H,6,9-15H2,1-2H3,(H,24,26)/t16?,18-,19-,20-/m0/s1. The van der Waals surface area contributed by atoms with Crippen LogP contribution in [-0.4, -0.2) is 59.4 Å². The third kappa shape index (κ3) is 5.29. The number of hydrogen-bond donors (Lipinski definition) is 2. The maximum atomic E-state index is 13.2. The molecule has 0 saturated carbocycles. The summed E-state index contributed by atoms with van der Waals surface area (Å²) in [7, 11) is 1.76. The van der Waals surface area contributed by atoms with Crippen LogP contribution >= 0.6 is 11.8 Å². The van der Waals surface area contributed by atoms with E-state index >= 15 is 0 Å². The molecule has 2 heterocycles. The Labute approximate surface area is 173 Å². The second-order valence-electron chi connectivity index (χ2n) is 7.94. The normalized spacial score (nSPS) is 25.9. The van der Waals surface area contributed by atoms with Crippen LogP contribution in [0.3, 0.4) is 0 Å². The van der Waals surface area contributed by atoms with Crippen molar-refractivity contribution in [3.8, 4) is 0 Å². The van der Waals surface area contributed by atoms with Gasteiger partial charge in [-0.05, 0) is 63.8 Å². The lowest BCUT2D eigenvalue weighted by Crippen LogP contribution is -2.54. The molecule has 2 fully saturated rings. The van der Waals surface area contributed by atoms with Crippen LogP contribution in [0.5, 0.6) is 0 Å². The SMILES string of the molecule is CNC(C)C(=O)N[C@H]1CCC[C@H]2CC[C@@H](CSCCc3ccccc3)N2C1=O. The van der Waals surface area contributed by atoms with Crippen LogP contribution in [0.1, 0.15) is 44.6 Å². The lowest BCUT2D eigenvalue weighted by Gasteiger charge is -2.31. The number of fused-ring (bicyclic) bond motifs is 1. The lowest BCUT2D eigenvalue weighted by molar-refractivity contribution is -0.138. The van der Waals surface area contributed by atoms with Crippen molar-refractivity contribution in [2.45, 2.75) is 69.6 Å². The largest absolute Gasteiger partial charge is 0.343 e. The van der Waals surface area contributed by atoms with Gasteiger partial charge in [-0.3, -0.25) is 9.59 Å². The van der Waals surface area contributed by atoms with Crippen LogP contribution in [0.25, 0.3) is 0 Å². The minimum atomic E-state index is -0.372. The molecular formula is C22H33N3O2S. The highest BCUT2D eigenvalue weighted by atomic mass is 32.2. The van der Waals surface area contributed by atoms with Gasteiger partial charge in [0.1, 0.15) is 6.04 Å². The van der Waals surface area contributed by atoms with Crippen molar-refractivity contribution in [1.82, 2.24) is 15.5 Å². The summed E-state index contributed by atoms with van der Waals surface area (Å²) in [6.07, 6.45) is 6.06. The monoisotopic (exact) mass is 403 g/mol. The maximum absolute atomic E-state index is 13.2. The number of aryl methyl sites for hydroxylation is 1. The summed E-state index contributed by atoms with van der Waals surface area (Å²) in [4.78, 5) is 27.6. The van der Waals surface area contributed by atoms with Crippen molar-refractivity contribution in [2.24, 2.45) is 0 Å². The van der Waals surface area contributed by atoms with Crippen molar-refractivity contribution in [3.05, 3.63) is 35.9 Å². The van der Waals surface area contributed by atoms with Crippen molar-refractivity contribution in [1.29, 1.82) is 0 Å². The summed E-state index contributed by atoms with van der Waals surface area (Å²) in [6.45, 7) is 1.82. The van der Waals surface area contributed by atoms with Crippen LogP contribution < -0.4 is 10.6 Å². The van der Waals surface area contributed by atoms with Crippen LogP contribution in [0.4, 0.5) is 0 Å². The van der Waals surface area contributed by atoms with Crippen molar-refractivity contribution in [3.63, 3.8) is 0 Å². The topological polar surface area (TPSA) is 61.4 Å². The first-order chi connectivity index (χ1) is 13.6. The fraction of sp³-hybridized carbons (Fsp3) is 0.636. The summed E-state index contributed by atoms with van der Waals surface area (Å²) in [5.74, 6) is 2.10. The molecule has 2 amide bonds. The van der Waals surface area contributed by atoms with Gasteiger partial charge in [-0.15, -0.1) is 0 Å². The molecular weight excluding hydrogens is 370 g/mol. The molecule has 1 aromatic carbocycles. The number of nitrogens with zero attached hydrogens (tertiary/aromatic N) is 1. The molecule has 1 unspecified atom stereocenters. The van der Waals surface area contributed by atoms with Gasteiger partial charge in [-0.2, -0.15) is 11.8 Å². The van der Waals surface area contributed by atoms with Crippen LogP contribution in [-0.2, 0) is 16.0 Å². The number of likely N-dealkylation sites (N-methyl/N-ethyl adjacent to an activating group) is 1. The molecule has 5 nitrogen and oxygen atoms in total. The average Bonchev–Trinajstić information content (AvgIpc) is 3.05. The molecule has 28 heavy (non-hydrogen) atoms. The molecule has 0 aliphatic carbocycles. The van der Waals surface area contributed by atoms with Crippen LogP contribution in [0, 0.1) is 0 Å². The quantitative estimate of drug-likeness (QED) is 0.655. The first-order valence-electron chi connectivity index (χ1n) is 10.5. The van der Waals surface area contributed by atoms with Crippen molar-refractivity contribution in [2.75, 3.05) is 18.6 Å². The molecule has 0 spiro atoms. The van der Waals surface area contributed by atoms with Gasteiger partial charge in [-0.1, -0.05) is 30.3 Å². The van der Waals surface area contributed by atoms with Gasteiger partial charge < -0.3 is 15.5 Å². The highest BCUT2D eigenvalue weighted by Crippen LogP contribution is 2.33. The molecule has 154 valence electrons. The van der Waals surface area contributed by atoms with E-state index in [1.165, 1.54) is 5.56 Å². The molecule has 2 aliphatic heterocycles. The minimum Gasteiger partial charge on any atom is -0.343 e. The average molecular weight is 404 g/mol. The van der Waals surface area contributed by atoms with Crippen LogP contribution in [0.2, 0.25) is 0 Å². The Morgan fingerprint density at radius 2 is 2.00 bits per heavy atom. The number of carbonyl (C=O) groups excluding carboxylic acids is 2. The zero-order valence-corrected chi connectivity index (χ0v) is 17.8. The number of amides is 2. The van der Waals surface area contributed by atoms with Gasteiger partial charge in [0.15, 0.2) is 0 Å². The maximum Gasteiger partial charge on any atom is 0.245 e. The predicted molar refractivity (Wildman–Crippen MR) is 115 cm³/mol. The first-order valence-corrected chi connectivity index (χ1v) is 11.7. The highest BCUT2D eigenvalue weighted by molar-refractivity contribution is 7.99. The first kappa shape index (κ1) is 21.2. The van der Waals surface area contributed by atoms with E-state index in [2.05, 4.69) is 39.8 Å². The Hall–Kier alpha value is -1.53. The summed E-state index contributed by atoms with van der Waals surface area (Å²) >= 11 is 1.94. The molecule has 4 atom stereocenters. The fourth-order valence-corrected chi connectivity index (χ4v) is 5.39. The molecule has 0 radical (unpaired) electrons. The van der Waals surface area contributed by atoms with E-state index in [1.54, 1.807) is 7.05 Å². The summed E-state index contributed by atoms with van der Waals surface area (Å²) in [5, 5.41) is 5.93. The molecule has 2 aliphatic rings. The minimum absolute atomic E-state index is 0.0905. The third-order valence-electron chi connectivity index (χ3n) is 6.03. The molecule has 2 saturated heterocycles. The molecule has 3 rings (SSSR count). The Balaban J connectivity index is 1.54. The Morgan fingerprint density at radius 1 is 1.21 bits per heavy atom. The number of rotatable bonds is 8. The zero-order valence-electron chi connectivity index (χ0n) is 17.0. The van der Waals surface area contributed by atoms with E-state index in [-0.39, 0.29) is 23.9 Å². The molecule has 0 aromatic heterocycles. The van der Waals surface area contributed by atoms with Gasteiger partial charge in [0.05, 0.1) is 6.04 Å². The Morgan fingerprint density at radius 3 is 2.75 bits per heavy atom. The van der Waals surface area contributed by atoms with Gasteiger partial charge in [0.2, 0.25) is 11.8 Å². The Kier molecular flexibility index (Phi) is 7.80. The second kappa shape index (κ2) is 10.3. The van der Waals surface area contributed by atoms with E-state index in [1.807, 2.05) is 24.8 Å². The summed E-state index contributed by atoms with van der Waals surface area (Å²) in [5.41, 5.74) is 1.37. The smallest absolute Gasteiger partial charge is 0.245 e. The van der Waals surface area contributed by atoms with Gasteiger partial charge in [0, 0.05) is 17.8 Å². The van der Waals surface area contributed by atoms with Crippen molar-refractivity contribution < 1.29 is 9.59 Å². The van der Waals surface area contributed by atoms with Crippen LogP contribution in [0.15, 0.2) is 30.3 Å². The van der Waals surface area contributed by atoms with Crippen molar-refractivity contribution >= 4 is 23.6 Å². The highest BCUT2D eigenvalue weighted by Gasteiger charge is 2.41. The van der Waals surface area contributed by atoms with Gasteiger partial charge in [0.25, 0.3) is 0 Å². The number of thioether (sulfide) groups is 1. The summed E-state index contributed by atoms with van der Waals surface area (Å²) in [6, 6.07) is 10.6. The number of carbonyl (C=O) groups is 2. The number of hydrogen-bond acceptors (Lipinski definition) is 4. The van der Waals surface area contributed by atoms with E-state index in [0.29, 0.717) is 12.1 Å². The third-order valence-corrected chi connectivity index (χ3v) is 7.15. The Bertz CT molecular complexity index is 654.